The number of nitrogens with zero attached hydrogens (tertiary/aromatic N) is 1. The zero-order chi connectivity index (χ0) is 27.6. The smallest absolute Gasteiger partial charge is 0.319 e. The predicted molar refractivity (Wildman–Crippen MR) is 163 cm³/mol. The van der Waals surface area contributed by atoms with Gasteiger partial charge in [0.05, 0.1) is 13.2 Å². The highest BCUT2D eigenvalue weighted by atomic mass is 32.1. The van der Waals surface area contributed by atoms with Crippen molar-refractivity contribution in [3.05, 3.63) is 83.9 Å². The number of esters is 1. The van der Waals surface area contributed by atoms with E-state index in [1.165, 1.54) is 57.6 Å². The van der Waals surface area contributed by atoms with Crippen molar-refractivity contribution in [1.82, 2.24) is 10.2 Å². The van der Waals surface area contributed by atoms with Gasteiger partial charge in [-0.1, -0.05) is 30.3 Å². The van der Waals surface area contributed by atoms with Crippen molar-refractivity contribution in [3.63, 3.8) is 0 Å². The van der Waals surface area contributed by atoms with Crippen LogP contribution in [0.3, 0.4) is 0 Å². The molecule has 4 aromatic rings. The first kappa shape index (κ1) is 28.1. The van der Waals surface area contributed by atoms with E-state index in [2.05, 4.69) is 70.9 Å². The molecule has 1 aliphatic rings. The first-order chi connectivity index (χ1) is 19.7. The molecule has 1 aliphatic heterocycles. The number of likely N-dealkylation sites (tertiary alicyclic amines) is 1. The number of rotatable bonds is 14. The summed E-state index contributed by atoms with van der Waals surface area (Å²) in [5.74, 6) is 1.50. The van der Waals surface area contributed by atoms with Gasteiger partial charge in [-0.05, 0) is 104 Å². The van der Waals surface area contributed by atoms with E-state index < -0.39 is 0 Å². The van der Waals surface area contributed by atoms with Gasteiger partial charge in [-0.2, -0.15) is 0 Å². The van der Waals surface area contributed by atoms with Crippen LogP contribution in [0.2, 0.25) is 0 Å². The number of carbonyl (C=O) groups excluding carboxylic acids is 1. The molecule has 0 radical (unpaired) electrons. The SMILES string of the molecule is CCOC(=O)CNCCOc1ccc(-c2sc3ccccc3c2Cc2ccc(OCCN3CCCC3)cc2)cc1. The van der Waals surface area contributed by atoms with Crippen molar-refractivity contribution in [2.75, 3.05) is 52.5 Å². The minimum atomic E-state index is -0.247. The lowest BCUT2D eigenvalue weighted by Gasteiger charge is -2.15. The summed E-state index contributed by atoms with van der Waals surface area (Å²) in [4.78, 5) is 15.2. The Morgan fingerprint density at radius 2 is 1.60 bits per heavy atom. The maximum absolute atomic E-state index is 11.4. The monoisotopic (exact) mass is 558 g/mol. The maximum Gasteiger partial charge on any atom is 0.319 e. The molecule has 1 saturated heterocycles. The Bertz CT molecular complexity index is 1360. The number of thiophene rings is 1. The highest BCUT2D eigenvalue weighted by molar-refractivity contribution is 7.22. The van der Waals surface area contributed by atoms with Crippen molar-refractivity contribution >= 4 is 27.4 Å². The van der Waals surface area contributed by atoms with Gasteiger partial charge in [-0.25, -0.2) is 0 Å². The third kappa shape index (κ3) is 7.62. The molecule has 40 heavy (non-hydrogen) atoms. The van der Waals surface area contributed by atoms with Crippen LogP contribution in [0.25, 0.3) is 20.5 Å². The van der Waals surface area contributed by atoms with Gasteiger partial charge in [0, 0.05) is 22.7 Å². The fourth-order valence-corrected chi connectivity index (χ4v) is 6.29. The maximum atomic E-state index is 11.4. The summed E-state index contributed by atoms with van der Waals surface area (Å²) >= 11 is 1.84. The molecule has 0 spiro atoms. The molecule has 3 aromatic carbocycles. The zero-order valence-corrected chi connectivity index (χ0v) is 24.0. The fraction of sp³-hybridized carbons (Fsp3) is 0.364. The molecule has 1 fully saturated rings. The number of fused-ring (bicyclic) bond motifs is 1. The van der Waals surface area contributed by atoms with Crippen LogP contribution in [0.5, 0.6) is 11.5 Å². The Balaban J connectivity index is 1.21. The Morgan fingerprint density at radius 3 is 2.35 bits per heavy atom. The number of hydrogen-bond acceptors (Lipinski definition) is 7. The third-order valence-corrected chi connectivity index (χ3v) is 8.38. The molecule has 0 amide bonds. The van der Waals surface area contributed by atoms with E-state index in [0.29, 0.717) is 19.8 Å². The molecule has 1 N–H and O–H groups in total. The number of nitrogens with one attached hydrogen (secondary N) is 1. The third-order valence-electron chi connectivity index (χ3n) is 7.12. The molecule has 2 heterocycles. The summed E-state index contributed by atoms with van der Waals surface area (Å²) in [5.41, 5.74) is 3.80. The number of benzene rings is 3. The van der Waals surface area contributed by atoms with Gasteiger partial charge in [0.25, 0.3) is 0 Å². The van der Waals surface area contributed by atoms with Gasteiger partial charge in [0.15, 0.2) is 0 Å². The largest absolute Gasteiger partial charge is 0.492 e. The van der Waals surface area contributed by atoms with Crippen molar-refractivity contribution in [1.29, 1.82) is 0 Å². The molecule has 0 bridgehead atoms. The molecule has 7 heteroatoms. The minimum absolute atomic E-state index is 0.194. The Morgan fingerprint density at radius 1 is 0.900 bits per heavy atom. The summed E-state index contributed by atoms with van der Waals surface area (Å²) in [7, 11) is 0. The average Bonchev–Trinajstić information content (AvgIpc) is 3.63. The van der Waals surface area contributed by atoms with Crippen molar-refractivity contribution in [3.8, 4) is 21.9 Å². The quantitative estimate of drug-likeness (QED) is 0.148. The normalized spacial score (nSPS) is 13.5. The Kier molecular flexibility index (Phi) is 10.1. The number of ether oxygens (including phenoxy) is 3. The highest BCUT2D eigenvalue weighted by Gasteiger charge is 2.15. The second-order valence-corrected chi connectivity index (χ2v) is 11.0. The molecular weight excluding hydrogens is 520 g/mol. The van der Waals surface area contributed by atoms with E-state index in [-0.39, 0.29) is 12.5 Å². The van der Waals surface area contributed by atoms with E-state index in [1.54, 1.807) is 6.92 Å². The number of carbonyl (C=O) groups is 1. The minimum Gasteiger partial charge on any atom is -0.492 e. The van der Waals surface area contributed by atoms with Gasteiger partial charge < -0.3 is 19.5 Å². The van der Waals surface area contributed by atoms with Gasteiger partial charge in [0.1, 0.15) is 24.7 Å². The van der Waals surface area contributed by atoms with Gasteiger partial charge >= 0.3 is 5.97 Å². The molecule has 0 saturated carbocycles. The summed E-state index contributed by atoms with van der Waals surface area (Å²) < 4.78 is 18.1. The van der Waals surface area contributed by atoms with Gasteiger partial charge in [-0.3, -0.25) is 9.69 Å². The van der Waals surface area contributed by atoms with Crippen LogP contribution in [0.1, 0.15) is 30.9 Å². The first-order valence-electron chi connectivity index (χ1n) is 14.2. The summed E-state index contributed by atoms with van der Waals surface area (Å²) in [6, 6.07) is 25.5. The standard InChI is InChI=1S/C33H38N2O4S/c1-2-37-32(36)24-34-17-21-38-28-15-11-26(12-16-28)33-30(29-7-3-4-8-31(29)40-33)23-25-9-13-27(14-10-25)39-22-20-35-18-5-6-19-35/h3-4,7-16,34H,2,5-6,17-24H2,1H3. The summed E-state index contributed by atoms with van der Waals surface area (Å²) in [6.45, 7) is 7.58. The Labute approximate surface area is 240 Å². The molecule has 0 unspecified atom stereocenters. The van der Waals surface area contributed by atoms with E-state index in [0.717, 1.165) is 31.1 Å². The topological polar surface area (TPSA) is 60.0 Å². The predicted octanol–water partition coefficient (Wildman–Crippen LogP) is 6.17. The first-order valence-corrected chi connectivity index (χ1v) is 15.1. The van der Waals surface area contributed by atoms with E-state index >= 15 is 0 Å². The van der Waals surface area contributed by atoms with Crippen LogP contribution >= 0.6 is 11.3 Å². The van der Waals surface area contributed by atoms with Gasteiger partial charge in [0.2, 0.25) is 0 Å². The fourth-order valence-electron chi connectivity index (χ4n) is 5.06. The van der Waals surface area contributed by atoms with Crippen LogP contribution in [-0.4, -0.2) is 63.4 Å². The Hall–Kier alpha value is -3.39. The molecular formula is C33H38N2O4S. The second-order valence-electron chi connectivity index (χ2n) is 9.98. The second kappa shape index (κ2) is 14.3. The lowest BCUT2D eigenvalue weighted by molar-refractivity contribution is -0.142. The zero-order valence-electron chi connectivity index (χ0n) is 23.2. The van der Waals surface area contributed by atoms with Crippen molar-refractivity contribution in [2.24, 2.45) is 0 Å². The lowest BCUT2D eigenvalue weighted by Crippen LogP contribution is -2.28. The van der Waals surface area contributed by atoms with Gasteiger partial charge in [-0.15, -0.1) is 11.3 Å². The molecule has 6 nitrogen and oxygen atoms in total. The average molecular weight is 559 g/mol. The molecule has 5 rings (SSSR count). The van der Waals surface area contributed by atoms with E-state index in [1.807, 2.05) is 23.5 Å². The van der Waals surface area contributed by atoms with Crippen LogP contribution in [0, 0.1) is 0 Å². The highest BCUT2D eigenvalue weighted by Crippen LogP contribution is 2.40. The molecule has 210 valence electrons. The van der Waals surface area contributed by atoms with Crippen LogP contribution in [-0.2, 0) is 16.0 Å². The summed E-state index contributed by atoms with van der Waals surface area (Å²) in [6.07, 6.45) is 3.48. The van der Waals surface area contributed by atoms with Crippen molar-refractivity contribution < 1.29 is 19.0 Å². The van der Waals surface area contributed by atoms with Crippen LogP contribution in [0.4, 0.5) is 0 Å². The van der Waals surface area contributed by atoms with E-state index in [9.17, 15) is 4.79 Å². The van der Waals surface area contributed by atoms with Crippen LogP contribution in [0.15, 0.2) is 72.8 Å². The molecule has 1 aromatic heterocycles. The number of hydrogen-bond donors (Lipinski definition) is 1. The molecule has 0 atom stereocenters. The van der Waals surface area contributed by atoms with Crippen LogP contribution < -0.4 is 14.8 Å². The lowest BCUT2D eigenvalue weighted by atomic mass is 9.99. The van der Waals surface area contributed by atoms with Crippen molar-refractivity contribution in [2.45, 2.75) is 26.2 Å². The summed E-state index contributed by atoms with van der Waals surface area (Å²) in [5, 5.41) is 4.35. The van der Waals surface area contributed by atoms with E-state index in [4.69, 9.17) is 14.2 Å². The molecule has 0 aliphatic carbocycles.